The van der Waals surface area contributed by atoms with E-state index in [1.165, 1.54) is 0 Å². The van der Waals surface area contributed by atoms with Crippen molar-refractivity contribution in [2.24, 2.45) is 0 Å². The number of aliphatic carboxylic acids is 1. The van der Waals surface area contributed by atoms with E-state index in [2.05, 4.69) is 123 Å². The molecule has 0 aliphatic rings. The van der Waals surface area contributed by atoms with E-state index in [1.54, 1.807) is 0 Å². The highest BCUT2D eigenvalue weighted by Crippen LogP contribution is 2.10. The van der Waals surface area contributed by atoms with Gasteiger partial charge < -0.3 is 33.3 Å². The van der Waals surface area contributed by atoms with Gasteiger partial charge in [-0.2, -0.15) is 0 Å². The average molecular weight is 848 g/mol. The molecule has 0 aromatic rings. The fourth-order valence-corrected chi connectivity index (χ4v) is 5.25. The quantitative estimate of drug-likeness (QED) is 0.0198. The molecule has 0 bridgehead atoms. The van der Waals surface area contributed by atoms with Crippen LogP contribution in [0.25, 0.3) is 0 Å². The number of carboxylic acid groups (broad SMARTS) is 1. The third kappa shape index (κ3) is 43.6. The second-order valence-electron chi connectivity index (χ2n) is 15.6. The number of quaternary nitrogens is 1. The lowest BCUT2D eigenvalue weighted by molar-refractivity contribution is -0.870. The Morgan fingerprint density at radius 1 is 0.492 bits per heavy atom. The summed E-state index contributed by atoms with van der Waals surface area (Å²) in [5.41, 5.74) is 0. The molecule has 0 radical (unpaired) electrons. The summed E-state index contributed by atoms with van der Waals surface area (Å²) >= 11 is 0. The van der Waals surface area contributed by atoms with Crippen molar-refractivity contribution in [1.82, 2.24) is 0 Å². The molecule has 0 spiro atoms. The summed E-state index contributed by atoms with van der Waals surface area (Å²) in [5, 5.41) is 11.7. The fraction of sp³-hybridized carbons (Fsp3) is 0.558. The van der Waals surface area contributed by atoms with Gasteiger partial charge in [-0.1, -0.05) is 148 Å². The van der Waals surface area contributed by atoms with E-state index in [4.69, 9.17) is 18.9 Å². The SMILES string of the molecule is CC/C=C\C/C=C\C/C=C\C/C=C\C/C=C\C/C=C\CCCCCCC(=O)OC(COC(=O)CC/C=C\C/C=C\C/C=C\C/C=C\CC)COC(OCC[N+](C)(C)C)C(=O)[O-]. The van der Waals surface area contributed by atoms with Crippen LogP contribution in [0.4, 0.5) is 0 Å². The van der Waals surface area contributed by atoms with Crippen LogP contribution in [-0.4, -0.2) is 82.3 Å². The van der Waals surface area contributed by atoms with E-state index in [0.717, 1.165) is 89.9 Å². The number of esters is 2. The highest BCUT2D eigenvalue weighted by molar-refractivity contribution is 5.70. The van der Waals surface area contributed by atoms with E-state index in [9.17, 15) is 19.5 Å². The molecule has 0 fully saturated rings. The summed E-state index contributed by atoms with van der Waals surface area (Å²) < 4.78 is 22.4. The zero-order chi connectivity index (χ0) is 44.9. The highest BCUT2D eigenvalue weighted by Gasteiger charge is 2.21. The molecule has 0 heterocycles. The summed E-state index contributed by atoms with van der Waals surface area (Å²) in [6.07, 6.45) is 55.4. The summed E-state index contributed by atoms with van der Waals surface area (Å²) in [6, 6.07) is 0. The number of hydrogen-bond donors (Lipinski definition) is 0. The topological polar surface area (TPSA) is 111 Å². The Bertz CT molecular complexity index is 1410. The van der Waals surface area contributed by atoms with Gasteiger partial charge in [0.05, 0.1) is 40.3 Å². The monoisotopic (exact) mass is 848 g/mol. The average Bonchev–Trinajstić information content (AvgIpc) is 3.22. The van der Waals surface area contributed by atoms with E-state index in [1.807, 2.05) is 33.3 Å². The van der Waals surface area contributed by atoms with Crippen molar-refractivity contribution in [2.45, 2.75) is 142 Å². The van der Waals surface area contributed by atoms with Crippen LogP contribution in [0, 0.1) is 0 Å². The lowest BCUT2D eigenvalue weighted by Gasteiger charge is -2.26. The summed E-state index contributed by atoms with van der Waals surface area (Å²) in [7, 11) is 5.86. The van der Waals surface area contributed by atoms with Gasteiger partial charge in [0.25, 0.3) is 0 Å². The fourth-order valence-electron chi connectivity index (χ4n) is 5.25. The first-order valence-electron chi connectivity index (χ1n) is 22.7. The number of rotatable bonds is 39. The zero-order valence-corrected chi connectivity index (χ0v) is 38.5. The van der Waals surface area contributed by atoms with Crippen molar-refractivity contribution in [1.29, 1.82) is 0 Å². The minimum absolute atomic E-state index is 0.124. The second-order valence-corrected chi connectivity index (χ2v) is 15.6. The van der Waals surface area contributed by atoms with Crippen molar-refractivity contribution >= 4 is 17.9 Å². The summed E-state index contributed by atoms with van der Waals surface area (Å²) in [5.74, 6) is -2.45. The minimum Gasteiger partial charge on any atom is -0.545 e. The number of allylic oxidation sites excluding steroid dienone is 20. The molecule has 0 aliphatic carbocycles. The molecule has 0 rings (SSSR count). The molecule has 0 amide bonds. The van der Waals surface area contributed by atoms with E-state index >= 15 is 0 Å². The van der Waals surface area contributed by atoms with Crippen LogP contribution in [-0.2, 0) is 33.3 Å². The van der Waals surface area contributed by atoms with Crippen LogP contribution in [0.5, 0.6) is 0 Å². The second kappa shape index (κ2) is 42.4. The summed E-state index contributed by atoms with van der Waals surface area (Å²) in [6.45, 7) is 4.35. The number of likely N-dealkylation sites (N-methyl/N-ethyl adjacent to an activating group) is 1. The van der Waals surface area contributed by atoms with Gasteiger partial charge in [0, 0.05) is 12.8 Å². The van der Waals surface area contributed by atoms with Gasteiger partial charge in [0.15, 0.2) is 12.4 Å². The number of carboxylic acids is 1. The van der Waals surface area contributed by atoms with Gasteiger partial charge in [0.1, 0.15) is 13.2 Å². The van der Waals surface area contributed by atoms with Crippen LogP contribution in [0.2, 0.25) is 0 Å². The maximum Gasteiger partial charge on any atom is 0.306 e. The third-order valence-corrected chi connectivity index (χ3v) is 8.72. The van der Waals surface area contributed by atoms with Crippen molar-refractivity contribution in [2.75, 3.05) is 47.5 Å². The molecule has 0 N–H and O–H groups in total. The Labute approximate surface area is 370 Å². The molecule has 0 aliphatic heterocycles. The Morgan fingerprint density at radius 2 is 0.918 bits per heavy atom. The molecule has 61 heavy (non-hydrogen) atoms. The van der Waals surface area contributed by atoms with Gasteiger partial charge in [-0.3, -0.25) is 9.59 Å². The molecular formula is C52H81NO8. The van der Waals surface area contributed by atoms with Crippen molar-refractivity contribution < 1.29 is 42.9 Å². The molecule has 0 saturated carbocycles. The molecule has 2 unspecified atom stereocenters. The van der Waals surface area contributed by atoms with Crippen molar-refractivity contribution in [3.05, 3.63) is 122 Å². The molecule has 0 saturated heterocycles. The normalized spacial score (nSPS) is 14.0. The number of hydrogen-bond acceptors (Lipinski definition) is 8. The predicted octanol–water partition coefficient (Wildman–Crippen LogP) is 10.9. The first-order chi connectivity index (χ1) is 29.6. The number of carbonyl (C=O) groups excluding carboxylic acids is 3. The number of ether oxygens (including phenoxy) is 4. The Balaban J connectivity index is 4.56. The smallest absolute Gasteiger partial charge is 0.306 e. The predicted molar refractivity (Wildman–Crippen MR) is 250 cm³/mol. The maximum atomic E-state index is 12.8. The van der Waals surface area contributed by atoms with Crippen molar-refractivity contribution in [3.63, 3.8) is 0 Å². The number of nitrogens with zero attached hydrogens (tertiary/aromatic N) is 1. The lowest BCUT2D eigenvalue weighted by Crippen LogP contribution is -2.44. The highest BCUT2D eigenvalue weighted by atomic mass is 16.7. The Kier molecular flexibility index (Phi) is 39.4. The summed E-state index contributed by atoms with van der Waals surface area (Å²) in [4.78, 5) is 36.9. The molecule has 9 nitrogen and oxygen atoms in total. The number of carbonyl (C=O) groups is 3. The zero-order valence-electron chi connectivity index (χ0n) is 38.5. The molecule has 342 valence electrons. The first-order valence-corrected chi connectivity index (χ1v) is 22.7. The van der Waals surface area contributed by atoms with Crippen LogP contribution in [0.15, 0.2) is 122 Å². The largest absolute Gasteiger partial charge is 0.545 e. The molecule has 2 atom stereocenters. The van der Waals surface area contributed by atoms with Crippen LogP contribution in [0.1, 0.15) is 129 Å². The van der Waals surface area contributed by atoms with Gasteiger partial charge in [0.2, 0.25) is 0 Å². The third-order valence-electron chi connectivity index (χ3n) is 8.72. The molecule has 0 aromatic heterocycles. The van der Waals surface area contributed by atoms with Crippen molar-refractivity contribution in [3.8, 4) is 0 Å². The van der Waals surface area contributed by atoms with Gasteiger partial charge in [-0.15, -0.1) is 0 Å². The van der Waals surface area contributed by atoms with Gasteiger partial charge >= 0.3 is 11.9 Å². The van der Waals surface area contributed by atoms with Gasteiger partial charge in [-0.25, -0.2) is 0 Å². The minimum atomic E-state index is -1.65. The standard InChI is InChI=1S/C52H81NO8/c1-6-8-10-12-14-16-18-20-21-22-23-24-25-26-27-28-29-31-33-35-37-39-41-43-50(55)61-48(47-60-52(51(56)57)58-45-44-53(3,4)5)46-59-49(54)42-40-38-36-34-32-30-19-17-15-13-11-9-7-2/h8-11,14-17,20-21,23-24,26-27,29-32,36,38,48,52H,6-7,12-13,18-19,22,25,28,33-35,37,39-47H2,1-5H3/b10-8-,11-9-,16-14-,17-15-,21-20-,24-23-,27-26-,31-29-,32-30-,38-36-. The molecular weight excluding hydrogens is 767 g/mol. The van der Waals surface area contributed by atoms with Gasteiger partial charge in [-0.05, 0) is 89.9 Å². The van der Waals surface area contributed by atoms with Crippen LogP contribution in [0.3, 0.4) is 0 Å². The number of unbranched alkanes of at least 4 members (excludes halogenated alkanes) is 4. The Morgan fingerprint density at radius 3 is 1.36 bits per heavy atom. The van der Waals surface area contributed by atoms with E-state index < -0.39 is 30.3 Å². The first kappa shape index (κ1) is 56.7. The van der Waals surface area contributed by atoms with E-state index in [-0.39, 0.29) is 32.7 Å². The van der Waals surface area contributed by atoms with E-state index in [0.29, 0.717) is 23.9 Å². The Hall–Kier alpha value is -4.31. The lowest BCUT2D eigenvalue weighted by atomic mass is 10.1. The molecule has 9 heteroatoms. The van der Waals surface area contributed by atoms with Crippen LogP contribution < -0.4 is 5.11 Å². The molecule has 0 aromatic carbocycles. The maximum absolute atomic E-state index is 12.8. The van der Waals surface area contributed by atoms with Crippen LogP contribution >= 0.6 is 0 Å².